The molecule has 0 unspecified atom stereocenters. The molecule has 1 heterocycles. The molecule has 0 saturated heterocycles. The molecule has 124 valence electrons. The molecule has 0 saturated carbocycles. The summed E-state index contributed by atoms with van der Waals surface area (Å²) in [5.41, 5.74) is 0.494. The quantitative estimate of drug-likeness (QED) is 0.773. The highest BCUT2D eigenvalue weighted by Gasteiger charge is 2.26. The highest BCUT2D eigenvalue weighted by molar-refractivity contribution is 7.88. The molecule has 9 heteroatoms. The number of hydrogen-bond acceptors (Lipinski definition) is 5. The first-order valence-corrected chi connectivity index (χ1v) is 7.90. The Kier molecular flexibility index (Phi) is 4.69. The minimum Gasteiger partial charge on any atom is -0.494 e. The lowest BCUT2D eigenvalue weighted by Gasteiger charge is -2.19. The van der Waals surface area contributed by atoms with Crippen molar-refractivity contribution in [2.24, 2.45) is 4.40 Å². The molecule has 0 bridgehead atoms. The van der Waals surface area contributed by atoms with Gasteiger partial charge in [0.1, 0.15) is 6.61 Å². The van der Waals surface area contributed by atoms with Gasteiger partial charge in [0.25, 0.3) is 0 Å². The summed E-state index contributed by atoms with van der Waals surface area (Å²) in [6.07, 6.45) is 1.13. The van der Waals surface area contributed by atoms with Gasteiger partial charge in [0.05, 0.1) is 18.4 Å². The number of benzene rings is 1. The van der Waals surface area contributed by atoms with Crippen LogP contribution in [-0.2, 0) is 26.3 Å². The van der Waals surface area contributed by atoms with Crippen LogP contribution < -0.4 is 4.74 Å². The van der Waals surface area contributed by atoms with E-state index >= 15 is 0 Å². The first-order valence-electron chi connectivity index (χ1n) is 6.51. The van der Waals surface area contributed by atoms with Crippen molar-refractivity contribution >= 4 is 21.9 Å². The van der Waals surface area contributed by atoms with Crippen LogP contribution in [-0.4, -0.2) is 38.6 Å². The van der Waals surface area contributed by atoms with Crippen LogP contribution >= 0.6 is 0 Å². The average molecular weight is 342 g/mol. The van der Waals surface area contributed by atoms with Crippen molar-refractivity contribution in [1.82, 2.24) is 4.31 Å². The van der Waals surface area contributed by atoms with E-state index in [1.165, 1.54) is 33.2 Å². The molecule has 23 heavy (non-hydrogen) atoms. The summed E-state index contributed by atoms with van der Waals surface area (Å²) < 4.78 is 50.8. The lowest BCUT2D eigenvalue weighted by molar-refractivity contribution is -0.139. The van der Waals surface area contributed by atoms with Gasteiger partial charge in [-0.05, 0) is 24.6 Å². The van der Waals surface area contributed by atoms with E-state index in [0.29, 0.717) is 5.56 Å². The van der Waals surface area contributed by atoms with E-state index in [4.69, 9.17) is 9.47 Å². The fourth-order valence-electron chi connectivity index (χ4n) is 1.86. The molecule has 1 aliphatic heterocycles. The number of nitrogens with zero attached hydrogens (tertiary/aromatic N) is 2. The number of hydrogen-bond donors (Lipinski definition) is 0. The van der Waals surface area contributed by atoms with Gasteiger partial charge in [0, 0.05) is 13.2 Å². The van der Waals surface area contributed by atoms with Crippen LogP contribution in [0.2, 0.25) is 0 Å². The van der Waals surface area contributed by atoms with Crippen LogP contribution in [0.4, 0.5) is 4.39 Å². The van der Waals surface area contributed by atoms with Crippen molar-refractivity contribution in [3.63, 3.8) is 0 Å². The van der Waals surface area contributed by atoms with E-state index in [0.717, 1.165) is 10.5 Å². The lowest BCUT2D eigenvalue weighted by atomic mass is 10.2. The molecule has 7 nitrogen and oxygen atoms in total. The Morgan fingerprint density at radius 3 is 2.70 bits per heavy atom. The van der Waals surface area contributed by atoms with Gasteiger partial charge in [-0.3, -0.25) is 4.31 Å². The second kappa shape index (κ2) is 6.37. The van der Waals surface area contributed by atoms with E-state index in [1.807, 2.05) is 0 Å². The largest absolute Gasteiger partial charge is 0.494 e. The molecular weight excluding hydrogens is 327 g/mol. The van der Waals surface area contributed by atoms with Crippen molar-refractivity contribution in [1.29, 1.82) is 0 Å². The van der Waals surface area contributed by atoms with Crippen molar-refractivity contribution in [3.05, 3.63) is 41.4 Å². The van der Waals surface area contributed by atoms with Crippen molar-refractivity contribution in [3.8, 4) is 5.75 Å². The maximum Gasteiger partial charge on any atom is 0.344 e. The number of ether oxygens (including phenoxy) is 2. The SMILES string of the molecule is COc1ccc(COC(=O)C2=CN(C)S(=O)(=O)N=C2C)cc1F. The second-order valence-electron chi connectivity index (χ2n) is 4.76. The molecule has 0 aromatic heterocycles. The summed E-state index contributed by atoms with van der Waals surface area (Å²) in [5, 5.41) is 0. The molecule has 2 rings (SSSR count). The van der Waals surface area contributed by atoms with Gasteiger partial charge < -0.3 is 9.47 Å². The first-order chi connectivity index (χ1) is 10.7. The van der Waals surface area contributed by atoms with Crippen molar-refractivity contribution in [2.45, 2.75) is 13.5 Å². The molecule has 0 N–H and O–H groups in total. The van der Waals surface area contributed by atoms with Crippen LogP contribution in [0, 0.1) is 5.82 Å². The van der Waals surface area contributed by atoms with Crippen LogP contribution in [0.25, 0.3) is 0 Å². The number of rotatable bonds is 4. The molecule has 1 aliphatic rings. The van der Waals surface area contributed by atoms with E-state index in [2.05, 4.69) is 4.40 Å². The van der Waals surface area contributed by atoms with Gasteiger partial charge in [-0.25, -0.2) is 9.18 Å². The smallest absolute Gasteiger partial charge is 0.344 e. The summed E-state index contributed by atoms with van der Waals surface area (Å²) in [6, 6.07) is 4.17. The van der Waals surface area contributed by atoms with Crippen LogP contribution in [0.1, 0.15) is 12.5 Å². The fourth-order valence-corrected chi connectivity index (χ4v) is 2.67. The molecule has 0 radical (unpaired) electrons. The average Bonchev–Trinajstić information content (AvgIpc) is 2.48. The lowest BCUT2D eigenvalue weighted by Crippen LogP contribution is -2.29. The zero-order valence-electron chi connectivity index (χ0n) is 12.7. The molecule has 0 spiro atoms. The van der Waals surface area contributed by atoms with Gasteiger partial charge in [-0.1, -0.05) is 6.07 Å². The first kappa shape index (κ1) is 16.9. The molecule has 0 fully saturated rings. The van der Waals surface area contributed by atoms with E-state index in [-0.39, 0.29) is 23.6 Å². The summed E-state index contributed by atoms with van der Waals surface area (Å²) >= 11 is 0. The van der Waals surface area contributed by atoms with Gasteiger partial charge in [0.15, 0.2) is 11.6 Å². The van der Waals surface area contributed by atoms with E-state index in [9.17, 15) is 17.6 Å². The highest BCUT2D eigenvalue weighted by Crippen LogP contribution is 2.19. The summed E-state index contributed by atoms with van der Waals surface area (Å²) in [6.45, 7) is 1.23. The normalized spacial score (nSPS) is 16.4. The fraction of sp³-hybridized carbons (Fsp3) is 0.286. The zero-order chi connectivity index (χ0) is 17.2. The molecule has 0 aliphatic carbocycles. The molecular formula is C14H15FN2O5S. The minimum atomic E-state index is -3.78. The standard InChI is InChI=1S/C14H15FN2O5S/c1-9-11(7-17(2)23(19,20)16-9)14(18)22-8-10-4-5-13(21-3)12(15)6-10/h4-7H,8H2,1-3H3. The predicted octanol–water partition coefficient (Wildman–Crippen LogP) is 1.41. The predicted molar refractivity (Wildman–Crippen MR) is 80.6 cm³/mol. The zero-order valence-corrected chi connectivity index (χ0v) is 13.6. The number of carbonyl (C=O) groups excluding carboxylic acids is 1. The van der Waals surface area contributed by atoms with Gasteiger partial charge >= 0.3 is 16.2 Å². The van der Waals surface area contributed by atoms with Crippen LogP contribution in [0.5, 0.6) is 5.75 Å². The highest BCUT2D eigenvalue weighted by atomic mass is 32.2. The third-order valence-corrected chi connectivity index (χ3v) is 4.46. The summed E-state index contributed by atoms with van der Waals surface area (Å²) in [7, 11) is -1.18. The Hall–Kier alpha value is -2.42. The number of halogens is 1. The third-order valence-electron chi connectivity index (χ3n) is 3.12. The number of esters is 1. The maximum absolute atomic E-state index is 13.6. The summed E-state index contributed by atoms with van der Waals surface area (Å²) in [5.74, 6) is -1.23. The Balaban J connectivity index is 2.09. The second-order valence-corrected chi connectivity index (χ2v) is 6.41. The number of carbonyl (C=O) groups is 1. The monoisotopic (exact) mass is 342 g/mol. The summed E-state index contributed by atoms with van der Waals surface area (Å²) in [4.78, 5) is 12.0. The van der Waals surface area contributed by atoms with Gasteiger partial charge in [-0.2, -0.15) is 8.42 Å². The Bertz CT molecular complexity index is 801. The minimum absolute atomic E-state index is 0.0244. The van der Waals surface area contributed by atoms with Crippen LogP contribution in [0.15, 0.2) is 34.4 Å². The molecule has 1 aromatic rings. The topological polar surface area (TPSA) is 85.3 Å². The van der Waals surface area contributed by atoms with Crippen LogP contribution in [0.3, 0.4) is 0 Å². The van der Waals surface area contributed by atoms with Crippen molar-refractivity contribution in [2.75, 3.05) is 14.2 Å². The van der Waals surface area contributed by atoms with E-state index < -0.39 is 22.0 Å². The Morgan fingerprint density at radius 2 is 2.09 bits per heavy atom. The molecule has 1 aromatic carbocycles. The third kappa shape index (κ3) is 3.67. The van der Waals surface area contributed by atoms with Gasteiger partial charge in [-0.15, -0.1) is 4.40 Å². The van der Waals surface area contributed by atoms with Gasteiger partial charge in [0.2, 0.25) is 0 Å². The molecule has 0 atom stereocenters. The maximum atomic E-state index is 13.6. The van der Waals surface area contributed by atoms with E-state index in [1.54, 1.807) is 6.07 Å². The Morgan fingerprint density at radius 1 is 1.39 bits per heavy atom. The molecule has 0 amide bonds. The van der Waals surface area contributed by atoms with Crippen molar-refractivity contribution < 1.29 is 27.1 Å². The number of methoxy groups -OCH3 is 1. The Labute approximate surface area is 133 Å².